The lowest BCUT2D eigenvalue weighted by Gasteiger charge is -2.28. The van der Waals surface area contributed by atoms with Crippen LogP contribution < -0.4 is 15.8 Å². The number of carbonyl (C=O) groups is 1. The number of methoxy groups -OCH3 is 2. The normalized spacial score (nSPS) is 21.2. The Bertz CT molecular complexity index is 476. The zero-order chi connectivity index (χ0) is 13.9. The Labute approximate surface area is 113 Å². The lowest BCUT2D eigenvalue weighted by Crippen LogP contribution is -2.52. The zero-order valence-corrected chi connectivity index (χ0v) is 11.4. The highest BCUT2D eigenvalue weighted by Crippen LogP contribution is 2.38. The van der Waals surface area contributed by atoms with E-state index in [4.69, 9.17) is 15.2 Å². The van der Waals surface area contributed by atoms with E-state index < -0.39 is 5.54 Å². The van der Waals surface area contributed by atoms with Gasteiger partial charge in [0.25, 0.3) is 0 Å². The molecule has 0 fully saturated rings. The summed E-state index contributed by atoms with van der Waals surface area (Å²) in [5.74, 6) is 0.385. The highest BCUT2D eigenvalue weighted by atomic mass is 16.5. The summed E-state index contributed by atoms with van der Waals surface area (Å²) in [4.78, 5) is 12.0. The number of hydrogen-bond donors (Lipinski definition) is 2. The van der Waals surface area contributed by atoms with Gasteiger partial charge in [-0.05, 0) is 36.1 Å². The number of rotatable bonds is 6. The molecule has 5 nitrogen and oxygen atoms in total. The molecule has 1 unspecified atom stereocenters. The van der Waals surface area contributed by atoms with E-state index in [2.05, 4.69) is 5.32 Å². The van der Waals surface area contributed by atoms with Crippen LogP contribution in [0.4, 0.5) is 0 Å². The summed E-state index contributed by atoms with van der Waals surface area (Å²) in [6.45, 7) is 1.12. The Morgan fingerprint density at radius 3 is 2.89 bits per heavy atom. The molecular formula is C14H20N2O3. The molecule has 1 atom stereocenters. The smallest absolute Gasteiger partial charge is 0.242 e. The summed E-state index contributed by atoms with van der Waals surface area (Å²) >= 11 is 0. The van der Waals surface area contributed by atoms with Gasteiger partial charge in [0.05, 0.1) is 13.7 Å². The average Bonchev–Trinajstić information content (AvgIpc) is 2.78. The van der Waals surface area contributed by atoms with E-state index in [1.54, 1.807) is 14.2 Å². The second kappa shape index (κ2) is 5.59. The van der Waals surface area contributed by atoms with E-state index in [1.807, 2.05) is 18.2 Å². The van der Waals surface area contributed by atoms with Crippen molar-refractivity contribution in [3.63, 3.8) is 0 Å². The molecule has 0 aromatic heterocycles. The van der Waals surface area contributed by atoms with Gasteiger partial charge in [-0.25, -0.2) is 0 Å². The fourth-order valence-corrected chi connectivity index (χ4v) is 2.65. The molecule has 1 aromatic rings. The Morgan fingerprint density at radius 2 is 2.26 bits per heavy atom. The average molecular weight is 264 g/mol. The lowest BCUT2D eigenvalue weighted by molar-refractivity contribution is -0.124. The van der Waals surface area contributed by atoms with Gasteiger partial charge in [0.2, 0.25) is 5.91 Å². The molecule has 1 aliphatic carbocycles. The minimum absolute atomic E-state index is 0.351. The molecule has 0 saturated carbocycles. The van der Waals surface area contributed by atoms with E-state index in [1.165, 1.54) is 0 Å². The highest BCUT2D eigenvalue weighted by molar-refractivity contribution is 5.87. The quantitative estimate of drug-likeness (QED) is 0.736. The first-order valence-electron chi connectivity index (χ1n) is 6.35. The van der Waals surface area contributed by atoms with Crippen molar-refractivity contribution in [1.29, 1.82) is 0 Å². The van der Waals surface area contributed by atoms with Crippen LogP contribution in [0.3, 0.4) is 0 Å². The predicted octanol–water partition coefficient (Wildman–Crippen LogP) is 0.558. The van der Waals surface area contributed by atoms with Crippen LogP contribution in [0.5, 0.6) is 5.75 Å². The second-order valence-corrected chi connectivity index (χ2v) is 4.71. The molecule has 0 heterocycles. The van der Waals surface area contributed by atoms with Crippen molar-refractivity contribution in [1.82, 2.24) is 5.32 Å². The van der Waals surface area contributed by atoms with Crippen molar-refractivity contribution in [3.8, 4) is 5.75 Å². The Kier molecular flexibility index (Phi) is 4.07. The number of nitrogens with one attached hydrogen (secondary N) is 1. The van der Waals surface area contributed by atoms with Gasteiger partial charge in [-0.1, -0.05) is 6.07 Å². The van der Waals surface area contributed by atoms with Crippen LogP contribution in [0, 0.1) is 0 Å². The van der Waals surface area contributed by atoms with Crippen LogP contribution in [0.1, 0.15) is 17.5 Å². The largest absolute Gasteiger partial charge is 0.497 e. The first-order valence-corrected chi connectivity index (χ1v) is 6.35. The maximum Gasteiger partial charge on any atom is 0.242 e. The van der Waals surface area contributed by atoms with Crippen molar-refractivity contribution in [3.05, 3.63) is 29.3 Å². The molecule has 0 saturated heterocycles. The van der Waals surface area contributed by atoms with E-state index in [0.29, 0.717) is 19.6 Å². The number of primary amides is 1. The van der Waals surface area contributed by atoms with Gasteiger partial charge in [-0.15, -0.1) is 0 Å². The van der Waals surface area contributed by atoms with Crippen LogP contribution in [0.25, 0.3) is 0 Å². The van der Waals surface area contributed by atoms with Crippen molar-refractivity contribution in [2.24, 2.45) is 5.73 Å². The van der Waals surface area contributed by atoms with Gasteiger partial charge in [0.1, 0.15) is 11.3 Å². The molecule has 1 amide bonds. The number of fused-ring (bicyclic) bond motifs is 1. The number of benzene rings is 1. The van der Waals surface area contributed by atoms with Crippen LogP contribution >= 0.6 is 0 Å². The third-order valence-corrected chi connectivity index (χ3v) is 3.70. The molecule has 19 heavy (non-hydrogen) atoms. The third-order valence-electron chi connectivity index (χ3n) is 3.70. The van der Waals surface area contributed by atoms with Crippen molar-refractivity contribution < 1.29 is 14.3 Å². The topological polar surface area (TPSA) is 73.6 Å². The van der Waals surface area contributed by atoms with Gasteiger partial charge in [0, 0.05) is 13.7 Å². The standard InChI is InChI=1S/C14H20N2O3/c1-18-8-7-16-14(13(15)17)6-5-10-3-4-11(19-2)9-12(10)14/h3-4,9,16H,5-8H2,1-2H3,(H2,15,17). The highest BCUT2D eigenvalue weighted by Gasteiger charge is 2.43. The van der Waals surface area contributed by atoms with E-state index in [9.17, 15) is 4.79 Å². The van der Waals surface area contributed by atoms with Gasteiger partial charge in [0.15, 0.2) is 0 Å². The van der Waals surface area contributed by atoms with Crippen molar-refractivity contribution >= 4 is 5.91 Å². The molecule has 0 radical (unpaired) electrons. The summed E-state index contributed by atoms with van der Waals surface area (Å²) < 4.78 is 10.3. The molecule has 1 aromatic carbocycles. The molecule has 0 spiro atoms. The molecule has 0 aliphatic heterocycles. The van der Waals surface area contributed by atoms with Gasteiger partial charge in [-0.2, -0.15) is 0 Å². The van der Waals surface area contributed by atoms with Crippen LogP contribution in [-0.2, 0) is 21.5 Å². The fourth-order valence-electron chi connectivity index (χ4n) is 2.65. The van der Waals surface area contributed by atoms with Crippen molar-refractivity contribution in [2.75, 3.05) is 27.4 Å². The summed E-state index contributed by atoms with van der Waals surface area (Å²) in [6, 6.07) is 5.80. The number of aryl methyl sites for hydroxylation is 1. The third kappa shape index (κ3) is 2.43. The minimum Gasteiger partial charge on any atom is -0.497 e. The first kappa shape index (κ1) is 13.8. The Hall–Kier alpha value is -1.59. The summed E-state index contributed by atoms with van der Waals surface area (Å²) in [6.07, 6.45) is 1.51. The van der Waals surface area contributed by atoms with Gasteiger partial charge >= 0.3 is 0 Å². The molecular weight excluding hydrogens is 244 g/mol. The number of ether oxygens (including phenoxy) is 2. The van der Waals surface area contributed by atoms with Crippen LogP contribution in [0.2, 0.25) is 0 Å². The number of carbonyl (C=O) groups excluding carboxylic acids is 1. The second-order valence-electron chi connectivity index (χ2n) is 4.71. The number of nitrogens with two attached hydrogens (primary N) is 1. The van der Waals surface area contributed by atoms with E-state index >= 15 is 0 Å². The monoisotopic (exact) mass is 264 g/mol. The van der Waals surface area contributed by atoms with E-state index in [0.717, 1.165) is 23.3 Å². The molecule has 0 bridgehead atoms. The van der Waals surface area contributed by atoms with Crippen molar-refractivity contribution in [2.45, 2.75) is 18.4 Å². The summed E-state index contributed by atoms with van der Waals surface area (Å²) in [5.41, 5.74) is 6.90. The van der Waals surface area contributed by atoms with Gasteiger partial charge < -0.3 is 15.2 Å². The maximum atomic E-state index is 12.0. The summed E-state index contributed by atoms with van der Waals surface area (Å²) in [7, 11) is 3.24. The molecule has 3 N–H and O–H groups in total. The Balaban J connectivity index is 2.35. The maximum absolute atomic E-state index is 12.0. The van der Waals surface area contributed by atoms with E-state index in [-0.39, 0.29) is 5.91 Å². The first-order chi connectivity index (χ1) is 9.14. The molecule has 5 heteroatoms. The minimum atomic E-state index is -0.803. The molecule has 1 aliphatic rings. The molecule has 2 rings (SSSR count). The van der Waals surface area contributed by atoms with Crippen LogP contribution in [0.15, 0.2) is 18.2 Å². The predicted molar refractivity (Wildman–Crippen MR) is 72.1 cm³/mol. The van der Waals surface area contributed by atoms with Crippen LogP contribution in [-0.4, -0.2) is 33.3 Å². The molecule has 104 valence electrons. The SMILES string of the molecule is COCCNC1(C(N)=O)CCc2ccc(OC)cc21. The number of amides is 1. The lowest BCUT2D eigenvalue weighted by atomic mass is 9.90. The fraction of sp³-hybridized carbons (Fsp3) is 0.500. The number of hydrogen-bond acceptors (Lipinski definition) is 4. The van der Waals surface area contributed by atoms with Gasteiger partial charge in [-0.3, -0.25) is 10.1 Å². The Morgan fingerprint density at radius 1 is 1.47 bits per heavy atom. The zero-order valence-electron chi connectivity index (χ0n) is 11.4. The summed E-state index contributed by atoms with van der Waals surface area (Å²) in [5, 5.41) is 3.25.